The SMILES string of the molecule is Cc1ccc(S(=O)(=O)NCCc2ccc(N3CCN(C)CC3)cc2)s1. The van der Waals surface area contributed by atoms with Crippen LogP contribution in [0.5, 0.6) is 0 Å². The lowest BCUT2D eigenvalue weighted by Crippen LogP contribution is -2.44. The van der Waals surface area contributed by atoms with E-state index in [-0.39, 0.29) is 0 Å². The van der Waals surface area contributed by atoms with Gasteiger partial charge in [0.25, 0.3) is 0 Å². The molecule has 1 fully saturated rings. The topological polar surface area (TPSA) is 52.7 Å². The minimum Gasteiger partial charge on any atom is -0.369 e. The van der Waals surface area contributed by atoms with Crippen LogP contribution in [-0.2, 0) is 16.4 Å². The summed E-state index contributed by atoms with van der Waals surface area (Å²) >= 11 is 1.30. The maximum absolute atomic E-state index is 12.2. The molecule has 0 aliphatic carbocycles. The molecule has 0 bridgehead atoms. The number of thiophene rings is 1. The predicted octanol–water partition coefficient (Wildman–Crippen LogP) is 2.33. The lowest BCUT2D eigenvalue weighted by Gasteiger charge is -2.34. The standard InChI is InChI=1S/C18H25N3O2S2/c1-15-3-8-18(24-15)25(22,23)19-10-9-16-4-6-17(7-5-16)21-13-11-20(2)12-14-21/h3-8,19H,9-14H2,1-2H3. The summed E-state index contributed by atoms with van der Waals surface area (Å²) in [5.74, 6) is 0. The van der Waals surface area contributed by atoms with Crippen LogP contribution in [0, 0.1) is 6.92 Å². The summed E-state index contributed by atoms with van der Waals surface area (Å²) in [5.41, 5.74) is 2.38. The largest absolute Gasteiger partial charge is 0.369 e. The molecule has 5 nitrogen and oxygen atoms in total. The van der Waals surface area contributed by atoms with E-state index in [4.69, 9.17) is 0 Å². The summed E-state index contributed by atoms with van der Waals surface area (Å²) < 4.78 is 27.5. The number of hydrogen-bond acceptors (Lipinski definition) is 5. The fourth-order valence-corrected chi connectivity index (χ4v) is 5.26. The van der Waals surface area contributed by atoms with E-state index in [2.05, 4.69) is 45.8 Å². The van der Waals surface area contributed by atoms with E-state index < -0.39 is 10.0 Å². The molecule has 1 saturated heterocycles. The van der Waals surface area contributed by atoms with Crippen LogP contribution in [0.1, 0.15) is 10.4 Å². The summed E-state index contributed by atoms with van der Waals surface area (Å²) in [6.07, 6.45) is 0.687. The van der Waals surface area contributed by atoms with Crippen LogP contribution < -0.4 is 9.62 Å². The van der Waals surface area contributed by atoms with Crippen molar-refractivity contribution in [3.05, 3.63) is 46.8 Å². The maximum Gasteiger partial charge on any atom is 0.250 e. The molecule has 25 heavy (non-hydrogen) atoms. The molecule has 1 aliphatic heterocycles. The van der Waals surface area contributed by atoms with Gasteiger partial charge in [-0.3, -0.25) is 0 Å². The van der Waals surface area contributed by atoms with Crippen molar-refractivity contribution < 1.29 is 8.42 Å². The van der Waals surface area contributed by atoms with Crippen molar-refractivity contribution in [1.29, 1.82) is 0 Å². The molecule has 2 heterocycles. The summed E-state index contributed by atoms with van der Waals surface area (Å²) in [6.45, 7) is 6.60. The van der Waals surface area contributed by atoms with E-state index in [0.29, 0.717) is 17.2 Å². The average molecular weight is 380 g/mol. The van der Waals surface area contributed by atoms with Gasteiger partial charge in [-0.25, -0.2) is 13.1 Å². The van der Waals surface area contributed by atoms with Gasteiger partial charge in [0.05, 0.1) is 0 Å². The highest BCUT2D eigenvalue weighted by atomic mass is 32.2. The number of piperazine rings is 1. The molecule has 1 aliphatic rings. The lowest BCUT2D eigenvalue weighted by atomic mass is 10.1. The first kappa shape index (κ1) is 18.4. The van der Waals surface area contributed by atoms with E-state index in [9.17, 15) is 8.42 Å². The van der Waals surface area contributed by atoms with Crippen molar-refractivity contribution in [2.24, 2.45) is 0 Å². The van der Waals surface area contributed by atoms with Gasteiger partial charge in [0.15, 0.2) is 0 Å². The van der Waals surface area contributed by atoms with E-state index in [1.54, 1.807) is 6.07 Å². The van der Waals surface area contributed by atoms with Crippen LogP contribution in [0.15, 0.2) is 40.6 Å². The molecule has 0 saturated carbocycles. The zero-order valence-electron chi connectivity index (χ0n) is 14.7. The van der Waals surface area contributed by atoms with E-state index >= 15 is 0 Å². The molecule has 0 radical (unpaired) electrons. The Bertz CT molecular complexity index is 792. The Morgan fingerprint density at radius 1 is 1.04 bits per heavy atom. The fourth-order valence-electron chi connectivity index (χ4n) is 2.90. The van der Waals surface area contributed by atoms with Crippen LogP contribution >= 0.6 is 11.3 Å². The average Bonchev–Trinajstić information content (AvgIpc) is 3.04. The van der Waals surface area contributed by atoms with E-state index in [1.807, 2.05) is 13.0 Å². The molecule has 0 spiro atoms. The van der Waals surface area contributed by atoms with Gasteiger partial charge in [0.1, 0.15) is 4.21 Å². The first-order valence-electron chi connectivity index (χ1n) is 8.52. The van der Waals surface area contributed by atoms with Crippen molar-refractivity contribution >= 4 is 27.0 Å². The molecule has 1 aromatic heterocycles. The Kier molecular flexibility index (Phi) is 5.78. The molecule has 2 aromatic rings. The van der Waals surface area contributed by atoms with Crippen molar-refractivity contribution in [2.75, 3.05) is 44.7 Å². The van der Waals surface area contributed by atoms with Gasteiger partial charge in [0, 0.05) is 43.3 Å². The van der Waals surface area contributed by atoms with Gasteiger partial charge in [-0.05, 0) is 50.2 Å². The van der Waals surface area contributed by atoms with Gasteiger partial charge in [0.2, 0.25) is 10.0 Å². The lowest BCUT2D eigenvalue weighted by molar-refractivity contribution is 0.313. The Balaban J connectivity index is 1.52. The van der Waals surface area contributed by atoms with Crippen molar-refractivity contribution in [2.45, 2.75) is 17.6 Å². The van der Waals surface area contributed by atoms with Crippen LogP contribution in [0.2, 0.25) is 0 Å². The third kappa shape index (κ3) is 4.82. The van der Waals surface area contributed by atoms with E-state index in [1.165, 1.54) is 17.0 Å². The predicted molar refractivity (Wildman–Crippen MR) is 104 cm³/mol. The van der Waals surface area contributed by atoms with Gasteiger partial charge in [-0.2, -0.15) is 0 Å². The summed E-state index contributed by atoms with van der Waals surface area (Å²) in [5, 5.41) is 0. The normalized spacial score (nSPS) is 16.3. The Labute approximate surface area is 154 Å². The van der Waals surface area contributed by atoms with Crippen molar-refractivity contribution in [3.63, 3.8) is 0 Å². The molecule has 1 aromatic carbocycles. The third-order valence-electron chi connectivity index (χ3n) is 4.49. The molecule has 0 atom stereocenters. The number of likely N-dealkylation sites (N-methyl/N-ethyl adjacent to an activating group) is 1. The van der Waals surface area contributed by atoms with Crippen LogP contribution in [0.25, 0.3) is 0 Å². The highest BCUT2D eigenvalue weighted by Gasteiger charge is 2.16. The first-order chi connectivity index (χ1) is 11.9. The molecule has 0 amide bonds. The van der Waals surface area contributed by atoms with Gasteiger partial charge < -0.3 is 9.80 Å². The van der Waals surface area contributed by atoms with Crippen molar-refractivity contribution in [3.8, 4) is 0 Å². The molecular formula is C18H25N3O2S2. The maximum atomic E-state index is 12.2. The number of nitrogens with zero attached hydrogens (tertiary/aromatic N) is 2. The fraction of sp³-hybridized carbons (Fsp3) is 0.444. The smallest absolute Gasteiger partial charge is 0.250 e. The molecule has 3 rings (SSSR count). The van der Waals surface area contributed by atoms with Crippen molar-refractivity contribution in [1.82, 2.24) is 9.62 Å². The van der Waals surface area contributed by atoms with Crippen LogP contribution in [0.3, 0.4) is 0 Å². The molecule has 7 heteroatoms. The number of anilines is 1. The number of hydrogen-bond donors (Lipinski definition) is 1. The zero-order valence-corrected chi connectivity index (χ0v) is 16.4. The zero-order chi connectivity index (χ0) is 17.9. The number of benzene rings is 1. The quantitative estimate of drug-likeness (QED) is 0.837. The molecule has 136 valence electrons. The molecule has 0 unspecified atom stereocenters. The second-order valence-corrected chi connectivity index (χ2v) is 9.75. The van der Waals surface area contributed by atoms with Crippen LogP contribution in [-0.4, -0.2) is 53.1 Å². The third-order valence-corrected chi connectivity index (χ3v) is 7.44. The Hall–Kier alpha value is -1.41. The summed E-state index contributed by atoms with van der Waals surface area (Å²) in [4.78, 5) is 5.73. The number of nitrogens with one attached hydrogen (secondary N) is 1. The number of aryl methyl sites for hydroxylation is 1. The van der Waals surface area contributed by atoms with Gasteiger partial charge in [-0.15, -0.1) is 11.3 Å². The highest BCUT2D eigenvalue weighted by molar-refractivity contribution is 7.91. The summed E-state index contributed by atoms with van der Waals surface area (Å²) in [6, 6.07) is 12.0. The second-order valence-electron chi connectivity index (χ2n) is 6.47. The van der Waals surface area contributed by atoms with E-state index in [0.717, 1.165) is 36.6 Å². The summed E-state index contributed by atoms with van der Waals surface area (Å²) in [7, 11) is -1.23. The molecular weight excluding hydrogens is 354 g/mol. The highest BCUT2D eigenvalue weighted by Crippen LogP contribution is 2.20. The van der Waals surface area contributed by atoms with Gasteiger partial charge >= 0.3 is 0 Å². The molecule has 1 N–H and O–H groups in total. The van der Waals surface area contributed by atoms with Crippen LogP contribution in [0.4, 0.5) is 5.69 Å². The first-order valence-corrected chi connectivity index (χ1v) is 10.8. The second kappa shape index (κ2) is 7.86. The number of sulfonamides is 1. The number of rotatable bonds is 6. The van der Waals surface area contributed by atoms with Gasteiger partial charge in [-0.1, -0.05) is 12.1 Å². The Morgan fingerprint density at radius 2 is 1.72 bits per heavy atom. The minimum absolute atomic E-state index is 0.385. The minimum atomic E-state index is -3.38. The Morgan fingerprint density at radius 3 is 2.32 bits per heavy atom. The monoisotopic (exact) mass is 379 g/mol.